The van der Waals surface area contributed by atoms with Crippen LogP contribution in [0.25, 0.3) is 16.6 Å². The van der Waals surface area contributed by atoms with Crippen LogP contribution in [0, 0.1) is 13.8 Å². The van der Waals surface area contributed by atoms with Gasteiger partial charge >= 0.3 is 0 Å². The number of sulfonamides is 1. The third kappa shape index (κ3) is 3.18. The first kappa shape index (κ1) is 17.0. The lowest BCUT2D eigenvalue weighted by Crippen LogP contribution is -2.14. The number of hydrogen-bond acceptors (Lipinski definition) is 7. The predicted octanol–water partition coefficient (Wildman–Crippen LogP) is 4.07. The number of thiazole rings is 1. The largest absolute Gasteiger partial charge is 0.463 e. The Labute approximate surface area is 158 Å². The molecule has 10 heteroatoms. The van der Waals surface area contributed by atoms with Gasteiger partial charge in [-0.3, -0.25) is 4.72 Å². The molecule has 26 heavy (non-hydrogen) atoms. The molecule has 0 saturated carbocycles. The first-order valence-electron chi connectivity index (χ1n) is 7.58. The lowest BCUT2D eigenvalue weighted by Gasteiger charge is -2.07. The van der Waals surface area contributed by atoms with E-state index < -0.39 is 10.0 Å². The van der Waals surface area contributed by atoms with Crippen LogP contribution >= 0.6 is 22.7 Å². The number of nitrogens with one attached hydrogen (secondary N) is 1. The van der Waals surface area contributed by atoms with Crippen molar-refractivity contribution in [1.82, 2.24) is 14.8 Å². The average molecular weight is 407 g/mol. The molecular formula is C16H14N4O3S3. The van der Waals surface area contributed by atoms with Crippen molar-refractivity contribution in [2.75, 3.05) is 4.72 Å². The van der Waals surface area contributed by atoms with E-state index in [1.54, 1.807) is 37.5 Å². The van der Waals surface area contributed by atoms with Crippen molar-refractivity contribution in [3.63, 3.8) is 0 Å². The van der Waals surface area contributed by atoms with Gasteiger partial charge in [0.15, 0.2) is 5.76 Å². The van der Waals surface area contributed by atoms with Crippen LogP contribution in [-0.2, 0) is 10.0 Å². The van der Waals surface area contributed by atoms with E-state index in [4.69, 9.17) is 4.42 Å². The van der Waals surface area contributed by atoms with E-state index in [0.717, 1.165) is 4.88 Å². The second-order valence-electron chi connectivity index (χ2n) is 5.55. The molecule has 0 amide bonds. The molecule has 7 nitrogen and oxygen atoms in total. The Balaban J connectivity index is 1.69. The molecule has 0 fully saturated rings. The minimum Gasteiger partial charge on any atom is -0.463 e. The maximum Gasteiger partial charge on any atom is 0.272 e. The molecule has 1 N–H and O–H groups in total. The zero-order chi connectivity index (χ0) is 18.3. The molecule has 0 aliphatic carbocycles. The van der Waals surface area contributed by atoms with Crippen molar-refractivity contribution in [1.29, 1.82) is 0 Å². The smallest absolute Gasteiger partial charge is 0.272 e. The fourth-order valence-corrected chi connectivity index (χ4v) is 5.45. The summed E-state index contributed by atoms with van der Waals surface area (Å²) in [5.74, 6) is 0.987. The van der Waals surface area contributed by atoms with E-state index >= 15 is 0 Å². The lowest BCUT2D eigenvalue weighted by atomic mass is 10.4. The van der Waals surface area contributed by atoms with Gasteiger partial charge in [-0.1, -0.05) is 0 Å². The van der Waals surface area contributed by atoms with Crippen molar-refractivity contribution in [3.05, 3.63) is 52.5 Å². The Kier molecular flexibility index (Phi) is 4.17. The van der Waals surface area contributed by atoms with Crippen molar-refractivity contribution >= 4 is 38.5 Å². The molecule has 0 aromatic carbocycles. The van der Waals surface area contributed by atoms with Crippen LogP contribution in [0.5, 0.6) is 0 Å². The topological polar surface area (TPSA) is 90.0 Å². The van der Waals surface area contributed by atoms with E-state index in [-0.39, 0.29) is 4.21 Å². The molecule has 0 unspecified atom stereocenters. The Morgan fingerprint density at radius 3 is 2.77 bits per heavy atom. The highest BCUT2D eigenvalue weighted by molar-refractivity contribution is 7.94. The SMILES string of the molecule is Cc1cc(NS(=O)(=O)c2ccc(C)s2)n(-c2nc(-c3ccco3)cs2)n1. The quantitative estimate of drug-likeness (QED) is 0.540. The normalized spacial score (nSPS) is 11.8. The third-order valence-corrected chi connectivity index (χ3v) is 7.16. The molecule has 0 saturated heterocycles. The van der Waals surface area contributed by atoms with Gasteiger partial charge in [-0.2, -0.15) is 9.78 Å². The molecule has 4 aromatic heterocycles. The lowest BCUT2D eigenvalue weighted by molar-refractivity contribution is 0.580. The van der Waals surface area contributed by atoms with Gasteiger partial charge in [0.05, 0.1) is 12.0 Å². The summed E-state index contributed by atoms with van der Waals surface area (Å²) in [6, 6.07) is 8.64. The van der Waals surface area contributed by atoms with Gasteiger partial charge in [-0.05, 0) is 38.1 Å². The monoisotopic (exact) mass is 406 g/mol. The van der Waals surface area contributed by atoms with Crippen LogP contribution in [-0.4, -0.2) is 23.2 Å². The van der Waals surface area contributed by atoms with Crippen LogP contribution in [0.4, 0.5) is 5.82 Å². The molecule has 0 aliphatic rings. The molecule has 4 aromatic rings. The highest BCUT2D eigenvalue weighted by atomic mass is 32.2. The molecule has 0 radical (unpaired) electrons. The van der Waals surface area contributed by atoms with E-state index in [1.165, 1.54) is 27.4 Å². The molecule has 4 rings (SSSR count). The van der Waals surface area contributed by atoms with E-state index in [0.29, 0.717) is 28.1 Å². The number of furan rings is 1. The van der Waals surface area contributed by atoms with Gasteiger partial charge in [-0.15, -0.1) is 22.7 Å². The van der Waals surface area contributed by atoms with Gasteiger partial charge in [0, 0.05) is 16.3 Å². The molecule has 0 spiro atoms. The highest BCUT2D eigenvalue weighted by Gasteiger charge is 2.21. The summed E-state index contributed by atoms with van der Waals surface area (Å²) in [7, 11) is -3.68. The number of hydrogen-bond donors (Lipinski definition) is 1. The summed E-state index contributed by atoms with van der Waals surface area (Å²) in [5, 5.41) is 6.75. The first-order valence-corrected chi connectivity index (χ1v) is 10.8. The zero-order valence-corrected chi connectivity index (χ0v) is 16.3. The van der Waals surface area contributed by atoms with Crippen LogP contribution < -0.4 is 4.72 Å². The Morgan fingerprint density at radius 1 is 1.23 bits per heavy atom. The van der Waals surface area contributed by atoms with Crippen LogP contribution in [0.2, 0.25) is 0 Å². The summed E-state index contributed by atoms with van der Waals surface area (Å²) < 4.78 is 35.0. The number of rotatable bonds is 5. The van der Waals surface area contributed by atoms with Gasteiger partial charge in [0.2, 0.25) is 5.13 Å². The average Bonchev–Trinajstić information content (AvgIpc) is 3.32. The summed E-state index contributed by atoms with van der Waals surface area (Å²) in [6.07, 6.45) is 1.58. The van der Waals surface area contributed by atoms with Crippen molar-refractivity contribution in [2.24, 2.45) is 0 Å². The third-order valence-electron chi connectivity index (χ3n) is 3.50. The fourth-order valence-electron chi connectivity index (χ4n) is 2.36. The number of nitrogens with zero attached hydrogens (tertiary/aromatic N) is 3. The number of thiophene rings is 1. The Bertz CT molecular complexity index is 1150. The van der Waals surface area contributed by atoms with Crippen molar-refractivity contribution in [3.8, 4) is 16.6 Å². The summed E-state index contributed by atoms with van der Waals surface area (Å²) in [6.45, 7) is 3.66. The molecule has 0 aliphatic heterocycles. The van der Waals surface area contributed by atoms with Crippen LogP contribution in [0.15, 0.2) is 50.6 Å². The second-order valence-corrected chi connectivity index (χ2v) is 9.58. The molecule has 4 heterocycles. The molecular weight excluding hydrogens is 392 g/mol. The van der Waals surface area contributed by atoms with Gasteiger partial charge in [-0.25, -0.2) is 13.4 Å². The standard InChI is InChI=1S/C16H14N4O3S3/c1-10-8-14(19-26(21,22)15-6-5-11(2)25-15)20(18-10)16-17-12(9-24-16)13-4-3-7-23-13/h3-9,19H,1-2H3. The highest BCUT2D eigenvalue weighted by Crippen LogP contribution is 2.28. The zero-order valence-electron chi connectivity index (χ0n) is 13.8. The molecule has 134 valence electrons. The maximum atomic E-state index is 12.6. The minimum absolute atomic E-state index is 0.260. The summed E-state index contributed by atoms with van der Waals surface area (Å²) >= 11 is 2.57. The molecule has 0 bridgehead atoms. The Morgan fingerprint density at radius 2 is 2.08 bits per heavy atom. The maximum absolute atomic E-state index is 12.6. The second kappa shape index (κ2) is 6.38. The first-order chi connectivity index (χ1) is 12.4. The minimum atomic E-state index is -3.68. The number of anilines is 1. The van der Waals surface area contributed by atoms with Gasteiger partial charge in [0.25, 0.3) is 10.0 Å². The molecule has 0 atom stereocenters. The Hall–Kier alpha value is -2.43. The van der Waals surface area contributed by atoms with Gasteiger partial charge < -0.3 is 4.42 Å². The van der Waals surface area contributed by atoms with Crippen LogP contribution in [0.1, 0.15) is 10.6 Å². The van der Waals surface area contributed by atoms with Crippen molar-refractivity contribution < 1.29 is 12.8 Å². The van der Waals surface area contributed by atoms with E-state index in [2.05, 4.69) is 14.8 Å². The number of aryl methyl sites for hydroxylation is 2. The predicted molar refractivity (Wildman–Crippen MR) is 102 cm³/mol. The summed E-state index contributed by atoms with van der Waals surface area (Å²) in [5.41, 5.74) is 1.35. The fraction of sp³-hybridized carbons (Fsp3) is 0.125. The van der Waals surface area contributed by atoms with E-state index in [1.807, 2.05) is 18.4 Å². The van der Waals surface area contributed by atoms with Crippen molar-refractivity contribution in [2.45, 2.75) is 18.1 Å². The summed E-state index contributed by atoms with van der Waals surface area (Å²) in [4.78, 5) is 5.43. The van der Waals surface area contributed by atoms with E-state index in [9.17, 15) is 8.42 Å². The van der Waals surface area contributed by atoms with Crippen LogP contribution in [0.3, 0.4) is 0 Å². The number of aromatic nitrogens is 3. The van der Waals surface area contributed by atoms with Gasteiger partial charge in [0.1, 0.15) is 15.7 Å².